The van der Waals surface area contributed by atoms with Crippen LogP contribution in [0.2, 0.25) is 0 Å². The first-order chi connectivity index (χ1) is 11.8. The number of aromatic nitrogens is 2. The van der Waals surface area contributed by atoms with Gasteiger partial charge >= 0.3 is 0 Å². The van der Waals surface area contributed by atoms with E-state index in [2.05, 4.69) is 28.3 Å². The molecule has 0 amide bonds. The molecule has 2 fully saturated rings. The quantitative estimate of drug-likeness (QED) is 0.901. The number of piperidine rings is 1. The number of aryl methyl sites for hydroxylation is 2. The van der Waals surface area contributed by atoms with E-state index in [1.54, 1.807) is 0 Å². The van der Waals surface area contributed by atoms with E-state index in [-0.39, 0.29) is 11.3 Å². The number of nitrogens with two attached hydrogens (primary N) is 1. The Morgan fingerprint density at radius 2 is 2.00 bits per heavy atom. The van der Waals surface area contributed by atoms with Crippen LogP contribution >= 0.6 is 0 Å². The molecule has 1 atom stereocenters. The Morgan fingerprint density at radius 1 is 1.28 bits per heavy atom. The molecule has 1 aliphatic heterocycles. The van der Waals surface area contributed by atoms with Gasteiger partial charge in [0, 0.05) is 24.6 Å². The van der Waals surface area contributed by atoms with Crippen LogP contribution < -0.4 is 5.14 Å². The maximum atomic E-state index is 11.5. The molecule has 4 rings (SSSR count). The first-order valence-electron chi connectivity index (χ1n) is 8.48. The summed E-state index contributed by atoms with van der Waals surface area (Å²) in [5.41, 5.74) is 3.33. The molecule has 25 heavy (non-hydrogen) atoms. The van der Waals surface area contributed by atoms with Gasteiger partial charge in [-0.3, -0.25) is 0 Å². The van der Waals surface area contributed by atoms with Gasteiger partial charge in [0.1, 0.15) is 0 Å². The zero-order chi connectivity index (χ0) is 17.8. The van der Waals surface area contributed by atoms with Gasteiger partial charge in [-0.15, -0.1) is 0 Å². The molecule has 1 aromatic carbocycles. The minimum Gasteiger partial charge on any atom is -0.334 e. The second kappa shape index (κ2) is 5.62. The van der Waals surface area contributed by atoms with Gasteiger partial charge in [-0.25, -0.2) is 5.14 Å². The molecule has 2 N–H and O–H groups in total. The third-order valence-electron chi connectivity index (χ3n) is 5.64. The summed E-state index contributed by atoms with van der Waals surface area (Å²) in [6, 6.07) is 6.17. The van der Waals surface area contributed by atoms with Crippen LogP contribution in [0.1, 0.15) is 42.1 Å². The van der Waals surface area contributed by atoms with E-state index in [4.69, 9.17) is 9.66 Å². The van der Waals surface area contributed by atoms with Gasteiger partial charge in [-0.1, -0.05) is 22.9 Å². The first-order valence-corrected chi connectivity index (χ1v) is 9.98. The molecule has 1 spiro atoms. The van der Waals surface area contributed by atoms with Crippen LogP contribution in [0, 0.1) is 19.3 Å². The predicted molar refractivity (Wildman–Crippen MR) is 92.9 cm³/mol. The summed E-state index contributed by atoms with van der Waals surface area (Å²) in [7, 11) is -3.59. The van der Waals surface area contributed by atoms with E-state index in [1.807, 2.05) is 13.8 Å². The molecule has 1 saturated carbocycles. The van der Waals surface area contributed by atoms with Gasteiger partial charge < -0.3 is 4.52 Å². The Labute approximate surface area is 147 Å². The van der Waals surface area contributed by atoms with Crippen molar-refractivity contribution in [2.24, 2.45) is 10.6 Å². The smallest absolute Gasteiger partial charge is 0.276 e. The topological polar surface area (TPSA) is 102 Å². The van der Waals surface area contributed by atoms with Gasteiger partial charge in [0.05, 0.1) is 0 Å². The Hall–Kier alpha value is -1.77. The van der Waals surface area contributed by atoms with Crippen LogP contribution in [0.3, 0.4) is 0 Å². The third-order valence-corrected chi connectivity index (χ3v) is 6.73. The Kier molecular flexibility index (Phi) is 3.75. The Morgan fingerprint density at radius 3 is 2.68 bits per heavy atom. The van der Waals surface area contributed by atoms with Crippen LogP contribution in [0.15, 0.2) is 22.7 Å². The number of rotatable bonds is 3. The van der Waals surface area contributed by atoms with E-state index in [1.165, 1.54) is 4.31 Å². The highest BCUT2D eigenvalue weighted by Crippen LogP contribution is 2.64. The summed E-state index contributed by atoms with van der Waals surface area (Å²) >= 11 is 0. The number of hydrogen-bond acceptors (Lipinski definition) is 5. The minimum atomic E-state index is -3.59. The lowest BCUT2D eigenvalue weighted by atomic mass is 9.92. The molecule has 8 heteroatoms. The maximum absolute atomic E-state index is 11.5. The fraction of sp³-hybridized carbons (Fsp3) is 0.529. The molecule has 134 valence electrons. The lowest BCUT2D eigenvalue weighted by Crippen LogP contribution is -2.43. The van der Waals surface area contributed by atoms with Crippen LogP contribution in [0.25, 0.3) is 11.5 Å². The van der Waals surface area contributed by atoms with Crippen molar-refractivity contribution in [1.82, 2.24) is 14.4 Å². The molecule has 1 saturated heterocycles. The van der Waals surface area contributed by atoms with Crippen LogP contribution in [0.4, 0.5) is 0 Å². The molecule has 2 aromatic rings. The summed E-state index contributed by atoms with van der Waals surface area (Å²) in [5, 5.41) is 9.42. The van der Waals surface area contributed by atoms with E-state index in [0.29, 0.717) is 19.0 Å². The lowest BCUT2D eigenvalue weighted by Gasteiger charge is -2.30. The molecule has 0 unspecified atom stereocenters. The highest BCUT2D eigenvalue weighted by molar-refractivity contribution is 7.86. The minimum absolute atomic E-state index is 0.101. The fourth-order valence-corrected chi connectivity index (χ4v) is 4.59. The van der Waals surface area contributed by atoms with Crippen molar-refractivity contribution in [3.8, 4) is 11.5 Å². The molecule has 7 nitrogen and oxygen atoms in total. The number of benzene rings is 1. The maximum Gasteiger partial charge on any atom is 0.276 e. The normalized spacial score (nSPS) is 23.1. The molecular weight excluding hydrogens is 340 g/mol. The predicted octanol–water partition coefficient (Wildman–Crippen LogP) is 2.13. The van der Waals surface area contributed by atoms with Crippen LogP contribution in [-0.4, -0.2) is 36.0 Å². The molecule has 2 heterocycles. The zero-order valence-corrected chi connectivity index (χ0v) is 15.2. The molecule has 1 aliphatic carbocycles. The molecule has 0 bridgehead atoms. The summed E-state index contributed by atoms with van der Waals surface area (Å²) in [6.07, 6.45) is 2.57. The number of hydrogen-bond donors (Lipinski definition) is 1. The van der Waals surface area contributed by atoms with E-state index in [9.17, 15) is 8.42 Å². The van der Waals surface area contributed by atoms with Crippen molar-refractivity contribution in [1.29, 1.82) is 0 Å². The second-order valence-corrected chi connectivity index (χ2v) is 8.89. The van der Waals surface area contributed by atoms with E-state index >= 15 is 0 Å². The molecule has 2 aliphatic rings. The molecular formula is C17H22N4O3S. The van der Waals surface area contributed by atoms with Gasteiger partial charge in [0.2, 0.25) is 0 Å². The highest BCUT2D eigenvalue weighted by Gasteiger charge is 2.58. The summed E-state index contributed by atoms with van der Waals surface area (Å²) in [4.78, 5) is 4.63. The standard InChI is InChI=1S/C17H22N4O3S/c1-11-3-4-12(2)13(9-11)16-19-15(20-24-16)14-10-17(14)5-7-21(8-6-17)25(18,22)23/h3-4,9,14H,5-8,10H2,1-2H3,(H2,18,22,23)/t14-/m0/s1. The average molecular weight is 362 g/mol. The van der Waals surface area contributed by atoms with Crippen molar-refractivity contribution < 1.29 is 12.9 Å². The fourth-order valence-electron chi connectivity index (χ4n) is 3.90. The van der Waals surface area contributed by atoms with E-state index < -0.39 is 10.2 Å². The largest absolute Gasteiger partial charge is 0.334 e. The lowest BCUT2D eigenvalue weighted by molar-refractivity contribution is 0.249. The van der Waals surface area contributed by atoms with Crippen molar-refractivity contribution >= 4 is 10.2 Å². The molecule has 1 aromatic heterocycles. The SMILES string of the molecule is Cc1ccc(C)c(-c2nc([C@@H]3CC34CCN(S(N)(=O)=O)CC4)no2)c1. The highest BCUT2D eigenvalue weighted by atomic mass is 32.2. The Bertz CT molecular complexity index is 914. The van der Waals surface area contributed by atoms with Crippen molar-refractivity contribution in [2.45, 2.75) is 39.0 Å². The van der Waals surface area contributed by atoms with Gasteiger partial charge in [0.25, 0.3) is 16.1 Å². The zero-order valence-electron chi connectivity index (χ0n) is 14.4. The van der Waals surface area contributed by atoms with Crippen molar-refractivity contribution in [2.75, 3.05) is 13.1 Å². The van der Waals surface area contributed by atoms with Crippen molar-refractivity contribution in [3.63, 3.8) is 0 Å². The second-order valence-electron chi connectivity index (χ2n) is 7.34. The average Bonchev–Trinajstić information content (AvgIpc) is 3.03. The van der Waals surface area contributed by atoms with Gasteiger partial charge in [0.15, 0.2) is 5.82 Å². The van der Waals surface area contributed by atoms with Gasteiger partial charge in [-0.05, 0) is 50.2 Å². The monoisotopic (exact) mass is 362 g/mol. The third kappa shape index (κ3) is 2.98. The Balaban J connectivity index is 1.51. The first kappa shape index (κ1) is 16.7. The van der Waals surface area contributed by atoms with Crippen LogP contribution in [0.5, 0.6) is 0 Å². The van der Waals surface area contributed by atoms with E-state index in [0.717, 1.165) is 41.8 Å². The van der Waals surface area contributed by atoms with Crippen molar-refractivity contribution in [3.05, 3.63) is 35.2 Å². The van der Waals surface area contributed by atoms with Crippen LogP contribution in [-0.2, 0) is 10.2 Å². The van der Waals surface area contributed by atoms with Gasteiger partial charge in [-0.2, -0.15) is 17.7 Å². The summed E-state index contributed by atoms with van der Waals surface area (Å²) in [6.45, 7) is 5.00. The molecule has 0 radical (unpaired) electrons. The number of nitrogens with zero attached hydrogens (tertiary/aromatic N) is 3. The summed E-state index contributed by atoms with van der Waals surface area (Å²) < 4.78 is 29.8. The summed E-state index contributed by atoms with van der Waals surface area (Å²) in [5.74, 6) is 1.54.